The first-order chi connectivity index (χ1) is 9.63. The van der Waals surface area contributed by atoms with E-state index >= 15 is 0 Å². The molecule has 2 heteroatoms. The van der Waals surface area contributed by atoms with Crippen molar-refractivity contribution in [3.05, 3.63) is 12.7 Å². The molecule has 1 aliphatic carbocycles. The topological polar surface area (TPSA) is 15.3 Å². The van der Waals surface area contributed by atoms with Crippen LogP contribution < -0.4 is 5.32 Å². The van der Waals surface area contributed by atoms with Gasteiger partial charge in [-0.2, -0.15) is 0 Å². The maximum Gasteiger partial charge on any atom is 0.0247 e. The van der Waals surface area contributed by atoms with Gasteiger partial charge >= 0.3 is 0 Å². The predicted molar refractivity (Wildman–Crippen MR) is 88.0 cm³/mol. The van der Waals surface area contributed by atoms with Gasteiger partial charge in [-0.15, -0.1) is 6.58 Å². The van der Waals surface area contributed by atoms with Crippen molar-refractivity contribution in [2.75, 3.05) is 13.1 Å². The van der Waals surface area contributed by atoms with E-state index in [1.165, 1.54) is 45.2 Å². The van der Waals surface area contributed by atoms with Gasteiger partial charge in [0.05, 0.1) is 0 Å². The van der Waals surface area contributed by atoms with Crippen molar-refractivity contribution in [1.29, 1.82) is 0 Å². The minimum absolute atomic E-state index is 0.632. The summed E-state index contributed by atoms with van der Waals surface area (Å²) in [6.45, 7) is 13.4. The van der Waals surface area contributed by atoms with Crippen LogP contribution >= 0.6 is 0 Å². The maximum atomic E-state index is 3.93. The van der Waals surface area contributed by atoms with E-state index in [0.717, 1.165) is 24.3 Å². The summed E-state index contributed by atoms with van der Waals surface area (Å²) in [6, 6.07) is 2.04. The molecular weight excluding hydrogens is 244 g/mol. The van der Waals surface area contributed by atoms with Crippen molar-refractivity contribution >= 4 is 0 Å². The van der Waals surface area contributed by atoms with Crippen LogP contribution in [0.25, 0.3) is 0 Å². The van der Waals surface area contributed by atoms with Crippen LogP contribution in [-0.2, 0) is 0 Å². The maximum absolute atomic E-state index is 3.93. The van der Waals surface area contributed by atoms with Crippen LogP contribution in [0.1, 0.15) is 59.3 Å². The Morgan fingerprint density at radius 2 is 1.90 bits per heavy atom. The molecule has 1 N–H and O–H groups in total. The number of hydrogen-bond donors (Lipinski definition) is 1. The molecule has 2 aliphatic rings. The molecule has 0 bridgehead atoms. The van der Waals surface area contributed by atoms with Crippen LogP contribution in [0.15, 0.2) is 12.7 Å². The highest BCUT2D eigenvalue weighted by Gasteiger charge is 2.35. The molecule has 2 rings (SSSR count). The average Bonchev–Trinajstić information content (AvgIpc) is 2.47. The lowest BCUT2D eigenvalue weighted by Gasteiger charge is -2.48. The second-order valence-electron chi connectivity index (χ2n) is 7.29. The van der Waals surface area contributed by atoms with Gasteiger partial charge in [0.15, 0.2) is 0 Å². The molecule has 1 aliphatic heterocycles. The van der Waals surface area contributed by atoms with Gasteiger partial charge in [-0.05, 0) is 38.0 Å². The molecule has 1 heterocycles. The van der Waals surface area contributed by atoms with E-state index in [1.807, 2.05) is 0 Å². The van der Waals surface area contributed by atoms with Crippen molar-refractivity contribution < 1.29 is 0 Å². The molecule has 3 unspecified atom stereocenters. The fourth-order valence-electron chi connectivity index (χ4n) is 4.17. The van der Waals surface area contributed by atoms with Gasteiger partial charge in [-0.1, -0.05) is 39.2 Å². The number of nitrogens with zero attached hydrogens (tertiary/aromatic N) is 1. The molecule has 116 valence electrons. The summed E-state index contributed by atoms with van der Waals surface area (Å²) in [7, 11) is 0. The SMILES string of the molecule is C=CCC(C)N1CC(C2CCCCC2)NCC1C(C)C. The third kappa shape index (κ3) is 3.85. The first-order valence-corrected chi connectivity index (χ1v) is 8.73. The molecule has 0 aromatic carbocycles. The van der Waals surface area contributed by atoms with Crippen molar-refractivity contribution in [2.45, 2.75) is 77.4 Å². The Bertz CT molecular complexity index is 294. The molecule has 0 radical (unpaired) electrons. The lowest BCUT2D eigenvalue weighted by molar-refractivity contribution is 0.0430. The van der Waals surface area contributed by atoms with Crippen molar-refractivity contribution in [3.63, 3.8) is 0 Å². The molecule has 0 aromatic heterocycles. The number of piperazine rings is 1. The van der Waals surface area contributed by atoms with Gasteiger partial charge in [0.1, 0.15) is 0 Å². The van der Waals surface area contributed by atoms with Crippen LogP contribution in [-0.4, -0.2) is 36.1 Å². The first-order valence-electron chi connectivity index (χ1n) is 8.73. The smallest absolute Gasteiger partial charge is 0.0247 e. The molecule has 20 heavy (non-hydrogen) atoms. The molecule has 2 nitrogen and oxygen atoms in total. The quantitative estimate of drug-likeness (QED) is 0.769. The van der Waals surface area contributed by atoms with Crippen LogP contribution in [0.2, 0.25) is 0 Å². The Morgan fingerprint density at radius 1 is 1.20 bits per heavy atom. The summed E-state index contributed by atoms with van der Waals surface area (Å²) in [5.74, 6) is 1.64. The number of rotatable bonds is 5. The summed E-state index contributed by atoms with van der Waals surface area (Å²) in [5, 5.41) is 3.88. The lowest BCUT2D eigenvalue weighted by atomic mass is 9.81. The van der Waals surface area contributed by atoms with Crippen LogP contribution in [0.5, 0.6) is 0 Å². The monoisotopic (exact) mass is 278 g/mol. The Balaban J connectivity index is 2.00. The lowest BCUT2D eigenvalue weighted by Crippen LogP contribution is -2.62. The zero-order valence-corrected chi connectivity index (χ0v) is 13.8. The van der Waals surface area contributed by atoms with E-state index in [4.69, 9.17) is 0 Å². The summed E-state index contributed by atoms with van der Waals surface area (Å²) >= 11 is 0. The second-order valence-corrected chi connectivity index (χ2v) is 7.29. The van der Waals surface area contributed by atoms with E-state index in [0.29, 0.717) is 12.1 Å². The van der Waals surface area contributed by atoms with Gasteiger partial charge in [0.2, 0.25) is 0 Å². The van der Waals surface area contributed by atoms with E-state index in [2.05, 4.69) is 43.6 Å². The van der Waals surface area contributed by atoms with Crippen molar-refractivity contribution in [1.82, 2.24) is 10.2 Å². The molecule has 1 saturated carbocycles. The minimum Gasteiger partial charge on any atom is -0.311 e. The average molecular weight is 278 g/mol. The van der Waals surface area contributed by atoms with Crippen LogP contribution in [0.3, 0.4) is 0 Å². The Kier molecular flexibility index (Phi) is 6.10. The minimum atomic E-state index is 0.632. The number of nitrogens with one attached hydrogen (secondary N) is 1. The first kappa shape index (κ1) is 16.0. The highest BCUT2D eigenvalue weighted by Crippen LogP contribution is 2.30. The van der Waals surface area contributed by atoms with Crippen LogP contribution in [0, 0.1) is 11.8 Å². The Labute approximate surface area is 126 Å². The standard InChI is InChI=1S/C18H34N2/c1-5-9-15(4)20-13-17(16-10-7-6-8-11-16)19-12-18(20)14(2)3/h5,14-19H,1,6-13H2,2-4H3. The van der Waals surface area contributed by atoms with Crippen molar-refractivity contribution in [3.8, 4) is 0 Å². The van der Waals surface area contributed by atoms with Crippen molar-refractivity contribution in [2.24, 2.45) is 11.8 Å². The van der Waals surface area contributed by atoms with Gasteiger partial charge in [-0.25, -0.2) is 0 Å². The van der Waals surface area contributed by atoms with Gasteiger partial charge in [0, 0.05) is 31.2 Å². The Hall–Kier alpha value is -0.340. The van der Waals surface area contributed by atoms with Gasteiger partial charge in [-0.3, -0.25) is 4.90 Å². The van der Waals surface area contributed by atoms with Crippen LogP contribution in [0.4, 0.5) is 0 Å². The molecule has 2 fully saturated rings. The molecule has 0 amide bonds. The highest BCUT2D eigenvalue weighted by molar-refractivity contribution is 4.94. The van der Waals surface area contributed by atoms with Gasteiger partial charge in [0.25, 0.3) is 0 Å². The fourth-order valence-corrected chi connectivity index (χ4v) is 4.17. The van der Waals surface area contributed by atoms with Gasteiger partial charge < -0.3 is 5.32 Å². The molecule has 3 atom stereocenters. The largest absolute Gasteiger partial charge is 0.311 e. The molecule has 1 saturated heterocycles. The van der Waals surface area contributed by atoms with E-state index < -0.39 is 0 Å². The number of hydrogen-bond acceptors (Lipinski definition) is 2. The summed E-state index contributed by atoms with van der Waals surface area (Å²) in [6.07, 6.45) is 10.4. The Morgan fingerprint density at radius 3 is 2.50 bits per heavy atom. The molecule has 0 aromatic rings. The zero-order chi connectivity index (χ0) is 14.5. The van der Waals surface area contributed by atoms with E-state index in [1.54, 1.807) is 0 Å². The summed E-state index contributed by atoms with van der Waals surface area (Å²) in [4.78, 5) is 2.77. The van der Waals surface area contributed by atoms with E-state index in [9.17, 15) is 0 Å². The molecular formula is C18H34N2. The molecule has 0 spiro atoms. The summed E-state index contributed by atoms with van der Waals surface area (Å²) < 4.78 is 0. The zero-order valence-electron chi connectivity index (χ0n) is 13.8. The fraction of sp³-hybridized carbons (Fsp3) is 0.889. The summed E-state index contributed by atoms with van der Waals surface area (Å²) in [5.41, 5.74) is 0. The van der Waals surface area contributed by atoms with E-state index in [-0.39, 0.29) is 0 Å². The predicted octanol–water partition coefficient (Wildman–Crippen LogP) is 3.83. The second kappa shape index (κ2) is 7.61. The third-order valence-electron chi connectivity index (χ3n) is 5.49. The normalized spacial score (nSPS) is 31.4. The third-order valence-corrected chi connectivity index (χ3v) is 5.49. The highest BCUT2D eigenvalue weighted by atomic mass is 15.3.